The van der Waals surface area contributed by atoms with Crippen LogP contribution < -0.4 is 5.32 Å². The predicted octanol–water partition coefficient (Wildman–Crippen LogP) is 0.747. The summed E-state index contributed by atoms with van der Waals surface area (Å²) in [5.74, 6) is 0. The molecular weight excluding hydrogens is 142 g/mol. The van der Waals surface area contributed by atoms with Crippen LogP contribution in [0.1, 0.15) is 19.3 Å². The van der Waals surface area contributed by atoms with E-state index in [1.54, 1.807) is 14.2 Å². The van der Waals surface area contributed by atoms with Crippen molar-refractivity contribution in [3.63, 3.8) is 0 Å². The quantitative estimate of drug-likeness (QED) is 0.614. The third-order valence-corrected chi connectivity index (χ3v) is 2.17. The zero-order valence-electron chi connectivity index (χ0n) is 7.30. The van der Waals surface area contributed by atoms with Crippen LogP contribution >= 0.6 is 0 Å². The predicted molar refractivity (Wildman–Crippen MR) is 43.4 cm³/mol. The lowest BCUT2D eigenvalue weighted by Gasteiger charge is -2.17. The lowest BCUT2D eigenvalue weighted by molar-refractivity contribution is -0.109. The van der Waals surface area contributed by atoms with E-state index in [0.29, 0.717) is 6.04 Å². The highest BCUT2D eigenvalue weighted by Crippen LogP contribution is 2.12. The van der Waals surface area contributed by atoms with E-state index in [2.05, 4.69) is 5.32 Å². The number of nitrogens with one attached hydrogen (secondary N) is 1. The molecule has 3 heteroatoms. The molecule has 0 amide bonds. The van der Waals surface area contributed by atoms with E-state index < -0.39 is 0 Å². The van der Waals surface area contributed by atoms with E-state index in [0.717, 1.165) is 13.0 Å². The Morgan fingerprint density at radius 2 is 2.18 bits per heavy atom. The van der Waals surface area contributed by atoms with Gasteiger partial charge >= 0.3 is 0 Å². The van der Waals surface area contributed by atoms with Gasteiger partial charge in [-0.25, -0.2) is 0 Å². The van der Waals surface area contributed by atoms with Gasteiger partial charge < -0.3 is 14.8 Å². The van der Waals surface area contributed by atoms with Crippen molar-refractivity contribution < 1.29 is 9.47 Å². The second kappa shape index (κ2) is 4.70. The van der Waals surface area contributed by atoms with Crippen molar-refractivity contribution in [1.82, 2.24) is 5.32 Å². The Bertz CT molecular complexity index is 98.3. The Balaban J connectivity index is 2.16. The molecule has 3 nitrogen and oxygen atoms in total. The number of ether oxygens (including phenoxy) is 2. The fourth-order valence-electron chi connectivity index (χ4n) is 1.48. The molecule has 0 aromatic carbocycles. The third kappa shape index (κ3) is 2.77. The Morgan fingerprint density at radius 1 is 1.45 bits per heavy atom. The van der Waals surface area contributed by atoms with Crippen molar-refractivity contribution in [2.75, 3.05) is 20.8 Å². The molecule has 0 aromatic rings. The normalized spacial score (nSPS) is 24.8. The molecule has 1 aliphatic rings. The summed E-state index contributed by atoms with van der Waals surface area (Å²) in [5, 5.41) is 3.40. The fourth-order valence-corrected chi connectivity index (χ4v) is 1.48. The zero-order valence-corrected chi connectivity index (χ0v) is 7.30. The van der Waals surface area contributed by atoms with Crippen LogP contribution in [0.2, 0.25) is 0 Å². The minimum Gasteiger partial charge on any atom is -0.356 e. The zero-order chi connectivity index (χ0) is 8.10. The monoisotopic (exact) mass is 159 g/mol. The molecule has 11 heavy (non-hydrogen) atoms. The molecule has 0 saturated carbocycles. The van der Waals surface area contributed by atoms with E-state index in [-0.39, 0.29) is 6.29 Å². The third-order valence-electron chi connectivity index (χ3n) is 2.17. The van der Waals surface area contributed by atoms with Crippen molar-refractivity contribution in [3.05, 3.63) is 0 Å². The Hall–Kier alpha value is -0.120. The molecule has 1 atom stereocenters. The first-order valence-corrected chi connectivity index (χ1v) is 4.15. The molecule has 1 saturated heterocycles. The second-order valence-corrected chi connectivity index (χ2v) is 2.93. The van der Waals surface area contributed by atoms with Gasteiger partial charge in [-0.3, -0.25) is 0 Å². The van der Waals surface area contributed by atoms with Crippen LogP contribution in [0.15, 0.2) is 0 Å². The molecule has 1 aliphatic heterocycles. The van der Waals surface area contributed by atoms with Gasteiger partial charge in [-0.2, -0.15) is 0 Å². The van der Waals surface area contributed by atoms with Gasteiger partial charge in [0.2, 0.25) is 0 Å². The standard InChI is InChI=1S/C8H17NO2/c1-10-8(11-2)6-7-4-3-5-9-7/h7-9H,3-6H2,1-2H3. The summed E-state index contributed by atoms with van der Waals surface area (Å²) >= 11 is 0. The summed E-state index contributed by atoms with van der Waals surface area (Å²) in [5.41, 5.74) is 0. The first kappa shape index (κ1) is 8.97. The van der Waals surface area contributed by atoms with E-state index in [1.807, 2.05) is 0 Å². The Kier molecular flexibility index (Phi) is 3.83. The molecule has 1 unspecified atom stereocenters. The summed E-state index contributed by atoms with van der Waals surface area (Å²) in [6, 6.07) is 0.597. The Labute approximate surface area is 68.1 Å². The first-order valence-electron chi connectivity index (χ1n) is 4.15. The van der Waals surface area contributed by atoms with Crippen molar-refractivity contribution in [3.8, 4) is 0 Å². The highest BCUT2D eigenvalue weighted by molar-refractivity contribution is 4.74. The lowest BCUT2D eigenvalue weighted by Crippen LogP contribution is -2.28. The SMILES string of the molecule is COC(CC1CCCN1)OC. The first-order chi connectivity index (χ1) is 5.36. The molecule has 0 spiro atoms. The summed E-state index contributed by atoms with van der Waals surface area (Å²) in [7, 11) is 3.37. The van der Waals surface area contributed by atoms with Crippen molar-refractivity contribution >= 4 is 0 Å². The van der Waals surface area contributed by atoms with Gasteiger partial charge in [0, 0.05) is 26.7 Å². The molecule has 0 aliphatic carbocycles. The molecule has 0 radical (unpaired) electrons. The van der Waals surface area contributed by atoms with E-state index in [9.17, 15) is 0 Å². The minimum atomic E-state index is -0.0365. The lowest BCUT2D eigenvalue weighted by atomic mass is 10.1. The fraction of sp³-hybridized carbons (Fsp3) is 1.00. The van der Waals surface area contributed by atoms with Crippen LogP contribution in [0, 0.1) is 0 Å². The molecule has 1 rings (SSSR count). The van der Waals surface area contributed by atoms with Gasteiger partial charge in [0.15, 0.2) is 6.29 Å². The maximum atomic E-state index is 5.10. The molecule has 0 bridgehead atoms. The molecular formula is C8H17NO2. The summed E-state index contributed by atoms with van der Waals surface area (Å²) in [6.07, 6.45) is 3.46. The van der Waals surface area contributed by atoms with Gasteiger partial charge in [-0.15, -0.1) is 0 Å². The average Bonchev–Trinajstić information content (AvgIpc) is 2.52. The van der Waals surface area contributed by atoms with Crippen LogP contribution in [0.5, 0.6) is 0 Å². The van der Waals surface area contributed by atoms with Gasteiger partial charge in [0.1, 0.15) is 0 Å². The van der Waals surface area contributed by atoms with Crippen LogP contribution in [0.25, 0.3) is 0 Å². The van der Waals surface area contributed by atoms with Crippen LogP contribution in [-0.2, 0) is 9.47 Å². The van der Waals surface area contributed by atoms with Crippen molar-refractivity contribution in [1.29, 1.82) is 0 Å². The largest absolute Gasteiger partial charge is 0.356 e. The minimum absolute atomic E-state index is 0.0365. The molecule has 1 fully saturated rings. The summed E-state index contributed by atoms with van der Waals surface area (Å²) in [6.45, 7) is 1.14. The van der Waals surface area contributed by atoms with Crippen molar-refractivity contribution in [2.24, 2.45) is 0 Å². The number of methoxy groups -OCH3 is 2. The summed E-state index contributed by atoms with van der Waals surface area (Å²) < 4.78 is 10.2. The smallest absolute Gasteiger partial charge is 0.158 e. The van der Waals surface area contributed by atoms with E-state index in [1.165, 1.54) is 12.8 Å². The van der Waals surface area contributed by atoms with Gasteiger partial charge in [0.05, 0.1) is 0 Å². The van der Waals surface area contributed by atoms with Gasteiger partial charge in [-0.1, -0.05) is 0 Å². The van der Waals surface area contributed by atoms with E-state index in [4.69, 9.17) is 9.47 Å². The van der Waals surface area contributed by atoms with Crippen LogP contribution in [-0.4, -0.2) is 33.1 Å². The van der Waals surface area contributed by atoms with E-state index >= 15 is 0 Å². The van der Waals surface area contributed by atoms with Gasteiger partial charge in [0.25, 0.3) is 0 Å². The number of hydrogen-bond donors (Lipinski definition) is 1. The maximum Gasteiger partial charge on any atom is 0.158 e. The second-order valence-electron chi connectivity index (χ2n) is 2.93. The van der Waals surface area contributed by atoms with Crippen LogP contribution in [0.3, 0.4) is 0 Å². The van der Waals surface area contributed by atoms with Crippen LogP contribution in [0.4, 0.5) is 0 Å². The molecule has 1 N–H and O–H groups in total. The topological polar surface area (TPSA) is 30.5 Å². The Morgan fingerprint density at radius 3 is 2.64 bits per heavy atom. The summed E-state index contributed by atoms with van der Waals surface area (Å²) in [4.78, 5) is 0. The van der Waals surface area contributed by atoms with Gasteiger partial charge in [-0.05, 0) is 19.4 Å². The molecule has 0 aromatic heterocycles. The highest BCUT2D eigenvalue weighted by Gasteiger charge is 2.18. The number of rotatable bonds is 4. The maximum absolute atomic E-state index is 5.10. The molecule has 1 heterocycles. The molecule has 66 valence electrons. The average molecular weight is 159 g/mol. The highest BCUT2D eigenvalue weighted by atomic mass is 16.7. The number of hydrogen-bond acceptors (Lipinski definition) is 3. The van der Waals surface area contributed by atoms with Crippen molar-refractivity contribution in [2.45, 2.75) is 31.6 Å².